The summed E-state index contributed by atoms with van der Waals surface area (Å²) >= 11 is 0. The molecule has 6 nitrogen and oxygen atoms in total. The molecule has 1 aliphatic heterocycles. The molecule has 1 aromatic heterocycles. The molecule has 2 aromatic rings. The fourth-order valence-electron chi connectivity index (χ4n) is 3.38. The van der Waals surface area contributed by atoms with Crippen LogP contribution in [0.1, 0.15) is 22.7 Å². The van der Waals surface area contributed by atoms with E-state index in [1.54, 1.807) is 27.9 Å². The van der Waals surface area contributed by atoms with Crippen molar-refractivity contribution in [2.24, 2.45) is 18.7 Å². The van der Waals surface area contributed by atoms with Gasteiger partial charge >= 0.3 is 0 Å². The Balaban J connectivity index is 1.77. The number of halogens is 1. The van der Waals surface area contributed by atoms with Crippen LogP contribution in [0.3, 0.4) is 0 Å². The minimum Gasteiger partial charge on any atom is -0.369 e. The lowest BCUT2D eigenvalue weighted by Crippen LogP contribution is -2.32. The van der Waals surface area contributed by atoms with Gasteiger partial charge in [0, 0.05) is 31.7 Å². The molecule has 1 fully saturated rings. The molecule has 0 bridgehead atoms. The Morgan fingerprint density at radius 3 is 2.52 bits per heavy atom. The molecule has 2 amide bonds. The van der Waals surface area contributed by atoms with Crippen LogP contribution in [-0.4, -0.2) is 39.6 Å². The fourth-order valence-corrected chi connectivity index (χ4v) is 3.38. The molecule has 132 valence electrons. The lowest BCUT2D eigenvalue weighted by molar-refractivity contribution is -0.129. The molecule has 0 unspecified atom stereocenters. The Morgan fingerprint density at radius 2 is 1.96 bits per heavy atom. The van der Waals surface area contributed by atoms with E-state index in [-0.39, 0.29) is 24.1 Å². The molecule has 3 rings (SSSR count). The van der Waals surface area contributed by atoms with Gasteiger partial charge in [0.05, 0.1) is 18.5 Å². The van der Waals surface area contributed by atoms with Gasteiger partial charge in [-0.2, -0.15) is 5.10 Å². The monoisotopic (exact) mass is 344 g/mol. The molecular formula is C18H21FN4O2. The highest BCUT2D eigenvalue weighted by molar-refractivity contribution is 5.83. The van der Waals surface area contributed by atoms with Crippen molar-refractivity contribution in [3.8, 4) is 0 Å². The van der Waals surface area contributed by atoms with Crippen molar-refractivity contribution in [3.05, 3.63) is 53.1 Å². The Labute approximate surface area is 145 Å². The number of nitrogens with two attached hydrogens (primary N) is 1. The molecule has 0 spiro atoms. The number of carbonyl (C=O) groups excluding carboxylic acids is 2. The number of hydrogen-bond donors (Lipinski definition) is 1. The van der Waals surface area contributed by atoms with Gasteiger partial charge in [-0.1, -0.05) is 12.1 Å². The first-order valence-electron chi connectivity index (χ1n) is 8.17. The van der Waals surface area contributed by atoms with Crippen LogP contribution in [0, 0.1) is 18.7 Å². The van der Waals surface area contributed by atoms with Gasteiger partial charge in [-0.3, -0.25) is 14.3 Å². The maximum Gasteiger partial charge on any atom is 0.227 e. The standard InChI is InChI=1S/C18H21FN4O2/c1-11-14(8-21-22(11)2)15-9-23(10-16(15)18(20)25)17(24)7-12-3-5-13(19)6-4-12/h3-6,8,15-16H,7,9-10H2,1-2H3,(H2,20,25)/t15-,16+/m1/s1. The summed E-state index contributed by atoms with van der Waals surface area (Å²) in [5, 5.41) is 4.23. The van der Waals surface area contributed by atoms with E-state index in [2.05, 4.69) is 5.10 Å². The first-order valence-corrected chi connectivity index (χ1v) is 8.17. The van der Waals surface area contributed by atoms with E-state index in [1.165, 1.54) is 12.1 Å². The maximum absolute atomic E-state index is 13.0. The number of carbonyl (C=O) groups is 2. The van der Waals surface area contributed by atoms with Gasteiger partial charge in [-0.25, -0.2) is 4.39 Å². The average molecular weight is 344 g/mol. The molecule has 0 radical (unpaired) electrons. The van der Waals surface area contributed by atoms with Crippen molar-refractivity contribution < 1.29 is 14.0 Å². The van der Waals surface area contributed by atoms with Crippen LogP contribution >= 0.6 is 0 Å². The maximum atomic E-state index is 13.0. The largest absolute Gasteiger partial charge is 0.369 e. The van der Waals surface area contributed by atoms with Crippen LogP contribution in [0.2, 0.25) is 0 Å². The highest BCUT2D eigenvalue weighted by Gasteiger charge is 2.40. The van der Waals surface area contributed by atoms with Crippen molar-refractivity contribution in [2.75, 3.05) is 13.1 Å². The van der Waals surface area contributed by atoms with Crippen LogP contribution in [0.25, 0.3) is 0 Å². The van der Waals surface area contributed by atoms with Crippen molar-refractivity contribution >= 4 is 11.8 Å². The molecule has 0 saturated carbocycles. The van der Waals surface area contributed by atoms with Crippen molar-refractivity contribution in [1.29, 1.82) is 0 Å². The molecule has 1 aromatic carbocycles. The van der Waals surface area contributed by atoms with Crippen LogP contribution in [0.15, 0.2) is 30.5 Å². The number of primary amides is 1. The fraction of sp³-hybridized carbons (Fsp3) is 0.389. The Morgan fingerprint density at radius 1 is 1.28 bits per heavy atom. The molecule has 1 saturated heterocycles. The van der Waals surface area contributed by atoms with E-state index in [9.17, 15) is 14.0 Å². The minimum absolute atomic E-state index is 0.0955. The van der Waals surface area contributed by atoms with Crippen molar-refractivity contribution in [2.45, 2.75) is 19.3 Å². The number of nitrogens with zero attached hydrogens (tertiary/aromatic N) is 3. The number of aryl methyl sites for hydroxylation is 1. The summed E-state index contributed by atoms with van der Waals surface area (Å²) in [7, 11) is 1.84. The second-order valence-electron chi connectivity index (χ2n) is 6.53. The third kappa shape index (κ3) is 3.40. The summed E-state index contributed by atoms with van der Waals surface area (Å²) in [6.07, 6.45) is 1.91. The molecular weight excluding hydrogens is 323 g/mol. The van der Waals surface area contributed by atoms with E-state index in [0.717, 1.165) is 16.8 Å². The second kappa shape index (κ2) is 6.66. The lowest BCUT2D eigenvalue weighted by atomic mass is 9.89. The zero-order valence-electron chi connectivity index (χ0n) is 14.3. The Bertz CT molecular complexity index is 800. The molecule has 2 heterocycles. The van der Waals surface area contributed by atoms with E-state index in [0.29, 0.717) is 13.1 Å². The van der Waals surface area contributed by atoms with E-state index < -0.39 is 11.8 Å². The summed E-state index contributed by atoms with van der Waals surface area (Å²) in [5.41, 5.74) is 8.22. The molecule has 2 N–H and O–H groups in total. The predicted molar refractivity (Wildman–Crippen MR) is 90.1 cm³/mol. The Kier molecular flexibility index (Phi) is 4.57. The third-order valence-corrected chi connectivity index (χ3v) is 4.98. The first kappa shape index (κ1) is 17.1. The van der Waals surface area contributed by atoms with Gasteiger partial charge < -0.3 is 10.6 Å². The number of likely N-dealkylation sites (tertiary alicyclic amines) is 1. The zero-order chi connectivity index (χ0) is 18.1. The summed E-state index contributed by atoms with van der Waals surface area (Å²) in [5.74, 6) is -1.42. The number of aromatic nitrogens is 2. The highest BCUT2D eigenvalue weighted by Crippen LogP contribution is 2.34. The summed E-state index contributed by atoms with van der Waals surface area (Å²) in [6, 6.07) is 5.86. The van der Waals surface area contributed by atoms with E-state index in [1.807, 2.05) is 14.0 Å². The third-order valence-electron chi connectivity index (χ3n) is 4.98. The van der Waals surface area contributed by atoms with Crippen LogP contribution in [-0.2, 0) is 23.1 Å². The lowest BCUT2D eigenvalue weighted by Gasteiger charge is -2.16. The Hall–Kier alpha value is -2.70. The van der Waals surface area contributed by atoms with E-state index >= 15 is 0 Å². The minimum atomic E-state index is -0.430. The highest BCUT2D eigenvalue weighted by atomic mass is 19.1. The number of rotatable bonds is 4. The van der Waals surface area contributed by atoms with Gasteiger partial charge in [0.1, 0.15) is 5.82 Å². The first-order chi connectivity index (χ1) is 11.9. The van der Waals surface area contributed by atoms with Gasteiger partial charge in [0.15, 0.2) is 0 Å². The zero-order valence-corrected chi connectivity index (χ0v) is 14.3. The summed E-state index contributed by atoms with van der Waals surface area (Å²) < 4.78 is 14.7. The SMILES string of the molecule is Cc1c([C@H]2CN(C(=O)Cc3ccc(F)cc3)C[C@@H]2C(N)=O)cnn1C. The second-order valence-corrected chi connectivity index (χ2v) is 6.53. The van der Waals surface area contributed by atoms with E-state index in [4.69, 9.17) is 5.73 Å². The van der Waals surface area contributed by atoms with Crippen LogP contribution in [0.4, 0.5) is 4.39 Å². The topological polar surface area (TPSA) is 81.2 Å². The van der Waals surface area contributed by atoms with Crippen molar-refractivity contribution in [3.63, 3.8) is 0 Å². The van der Waals surface area contributed by atoms with Crippen LogP contribution < -0.4 is 5.73 Å². The number of benzene rings is 1. The molecule has 7 heteroatoms. The van der Waals surface area contributed by atoms with Gasteiger partial charge in [0.25, 0.3) is 0 Å². The van der Waals surface area contributed by atoms with Gasteiger partial charge in [-0.15, -0.1) is 0 Å². The summed E-state index contributed by atoms with van der Waals surface area (Å²) in [4.78, 5) is 26.1. The number of hydrogen-bond acceptors (Lipinski definition) is 3. The average Bonchev–Trinajstić information content (AvgIpc) is 3.14. The quantitative estimate of drug-likeness (QED) is 0.903. The molecule has 2 atom stereocenters. The van der Waals surface area contributed by atoms with Gasteiger partial charge in [-0.05, 0) is 30.2 Å². The molecule has 25 heavy (non-hydrogen) atoms. The normalized spacial score (nSPS) is 20.0. The summed E-state index contributed by atoms with van der Waals surface area (Å²) in [6.45, 7) is 2.66. The van der Waals surface area contributed by atoms with Crippen LogP contribution in [0.5, 0.6) is 0 Å². The molecule has 0 aliphatic carbocycles. The van der Waals surface area contributed by atoms with Gasteiger partial charge in [0.2, 0.25) is 11.8 Å². The molecule has 1 aliphatic rings. The predicted octanol–water partition coefficient (Wildman–Crippen LogP) is 1.14. The smallest absolute Gasteiger partial charge is 0.227 e. The van der Waals surface area contributed by atoms with Crippen molar-refractivity contribution in [1.82, 2.24) is 14.7 Å². The number of amides is 2.